The van der Waals surface area contributed by atoms with E-state index < -0.39 is 0 Å². The zero-order valence-electron chi connectivity index (χ0n) is 12.3. The molecule has 1 atom stereocenters. The van der Waals surface area contributed by atoms with Crippen LogP contribution in [0.5, 0.6) is 0 Å². The molecule has 1 saturated heterocycles. The maximum atomic E-state index is 12.9. The predicted molar refractivity (Wildman–Crippen MR) is 86.4 cm³/mol. The van der Waals surface area contributed by atoms with Crippen LogP contribution in [-0.2, 0) is 12.8 Å². The number of H-pyrrole nitrogens is 1. The van der Waals surface area contributed by atoms with Gasteiger partial charge in [0.2, 0.25) is 0 Å². The first-order valence-corrected chi connectivity index (χ1v) is 8.76. The number of thiophene rings is 1. The summed E-state index contributed by atoms with van der Waals surface area (Å²) in [6.45, 7) is 0.732. The van der Waals surface area contributed by atoms with Crippen LogP contribution in [-0.4, -0.2) is 22.3 Å². The number of aromatic amines is 1. The Hall–Kier alpha value is -1.88. The first-order chi connectivity index (χ1) is 10.7. The van der Waals surface area contributed by atoms with Gasteiger partial charge in [-0.15, -0.1) is 0 Å². The van der Waals surface area contributed by atoms with Gasteiger partial charge in [0.15, 0.2) is 0 Å². The molecule has 1 aliphatic heterocycles. The lowest BCUT2D eigenvalue weighted by Crippen LogP contribution is -2.34. The largest absolute Gasteiger partial charge is 0.331 e. The molecule has 0 radical (unpaired) electrons. The fourth-order valence-corrected chi connectivity index (χ4v) is 4.35. The standard InChI is InChI=1S/C17H18N2O2S/c20-16-13(9-11-3-1-4-14(11)18-16)17(21)19-7-2-5-15(19)12-6-8-22-10-12/h6,8-10,15H,1-5,7H2,(H,18,20)/t15-/m0/s1. The number of nitrogens with one attached hydrogen (secondary N) is 1. The number of carbonyl (C=O) groups excluding carboxylic acids is 1. The molecule has 0 bridgehead atoms. The SMILES string of the molecule is O=C(c1cc2c([nH]c1=O)CCC2)N1CCC[C@H]1c1ccsc1. The van der Waals surface area contributed by atoms with Gasteiger partial charge >= 0.3 is 0 Å². The first kappa shape index (κ1) is 13.8. The average Bonchev–Trinajstić information content (AvgIpc) is 3.25. The van der Waals surface area contributed by atoms with Gasteiger partial charge in [0.05, 0.1) is 6.04 Å². The van der Waals surface area contributed by atoms with Crippen LogP contribution in [0.25, 0.3) is 0 Å². The Kier molecular flexibility index (Phi) is 3.37. The number of amides is 1. The normalized spacial score (nSPS) is 20.4. The molecule has 2 aliphatic rings. The summed E-state index contributed by atoms with van der Waals surface area (Å²) < 4.78 is 0. The number of fused-ring (bicyclic) bond motifs is 1. The second kappa shape index (κ2) is 5.39. The van der Waals surface area contributed by atoms with E-state index in [9.17, 15) is 9.59 Å². The monoisotopic (exact) mass is 314 g/mol. The Morgan fingerprint density at radius 2 is 2.23 bits per heavy atom. The van der Waals surface area contributed by atoms with Crippen molar-refractivity contribution in [3.63, 3.8) is 0 Å². The summed E-state index contributed by atoms with van der Waals surface area (Å²) in [6.07, 6.45) is 4.91. The van der Waals surface area contributed by atoms with E-state index in [1.54, 1.807) is 11.3 Å². The quantitative estimate of drug-likeness (QED) is 0.926. The first-order valence-electron chi connectivity index (χ1n) is 7.82. The van der Waals surface area contributed by atoms with Gasteiger partial charge in [0.1, 0.15) is 5.56 Å². The summed E-state index contributed by atoms with van der Waals surface area (Å²) in [5.74, 6) is -0.121. The third kappa shape index (κ3) is 2.20. The maximum absolute atomic E-state index is 12.9. The second-order valence-electron chi connectivity index (χ2n) is 6.08. The van der Waals surface area contributed by atoms with Crippen LogP contribution >= 0.6 is 11.3 Å². The van der Waals surface area contributed by atoms with Gasteiger partial charge in [-0.25, -0.2) is 0 Å². The van der Waals surface area contributed by atoms with Crippen molar-refractivity contribution < 1.29 is 4.79 Å². The van der Waals surface area contributed by atoms with E-state index in [-0.39, 0.29) is 17.5 Å². The predicted octanol–water partition coefficient (Wildman–Crippen LogP) is 2.90. The van der Waals surface area contributed by atoms with Crippen molar-refractivity contribution in [2.45, 2.75) is 38.1 Å². The highest BCUT2D eigenvalue weighted by atomic mass is 32.1. The van der Waals surface area contributed by atoms with Crippen molar-refractivity contribution in [2.75, 3.05) is 6.54 Å². The molecular weight excluding hydrogens is 296 g/mol. The highest BCUT2D eigenvalue weighted by Gasteiger charge is 2.32. The van der Waals surface area contributed by atoms with E-state index in [4.69, 9.17) is 0 Å². The zero-order valence-corrected chi connectivity index (χ0v) is 13.1. The molecular formula is C17H18N2O2S. The summed E-state index contributed by atoms with van der Waals surface area (Å²) in [4.78, 5) is 29.9. The Balaban J connectivity index is 1.68. The lowest BCUT2D eigenvalue weighted by atomic mass is 10.1. The molecule has 4 nitrogen and oxygen atoms in total. The third-order valence-electron chi connectivity index (χ3n) is 4.76. The van der Waals surface area contributed by atoms with Crippen molar-refractivity contribution >= 4 is 17.2 Å². The molecule has 1 N–H and O–H groups in total. The van der Waals surface area contributed by atoms with Crippen molar-refractivity contribution in [1.29, 1.82) is 0 Å². The molecule has 5 heteroatoms. The number of carbonyl (C=O) groups is 1. The number of aryl methyl sites for hydroxylation is 2. The number of pyridine rings is 1. The fourth-order valence-electron chi connectivity index (χ4n) is 3.65. The molecule has 1 aliphatic carbocycles. The van der Waals surface area contributed by atoms with Crippen molar-refractivity contribution in [3.05, 3.63) is 55.6 Å². The molecule has 0 aromatic carbocycles. The van der Waals surface area contributed by atoms with E-state index in [2.05, 4.69) is 16.4 Å². The summed E-state index contributed by atoms with van der Waals surface area (Å²) in [5, 5.41) is 4.14. The molecule has 22 heavy (non-hydrogen) atoms. The smallest absolute Gasteiger partial charge is 0.261 e. The summed E-state index contributed by atoms with van der Waals surface area (Å²) in [5.41, 5.74) is 3.41. The number of likely N-dealkylation sites (tertiary alicyclic amines) is 1. The average molecular weight is 314 g/mol. The summed E-state index contributed by atoms with van der Waals surface area (Å²) in [6, 6.07) is 4.02. The topological polar surface area (TPSA) is 53.2 Å². The lowest BCUT2D eigenvalue weighted by molar-refractivity contribution is 0.0734. The van der Waals surface area contributed by atoms with Crippen LogP contribution in [0.2, 0.25) is 0 Å². The van der Waals surface area contributed by atoms with Crippen LogP contribution < -0.4 is 5.56 Å². The molecule has 0 saturated carbocycles. The molecule has 3 heterocycles. The van der Waals surface area contributed by atoms with E-state index in [0.29, 0.717) is 5.56 Å². The van der Waals surface area contributed by atoms with E-state index in [1.165, 1.54) is 5.56 Å². The Morgan fingerprint density at radius 3 is 3.05 bits per heavy atom. The Bertz CT molecular complexity index is 763. The summed E-state index contributed by atoms with van der Waals surface area (Å²) in [7, 11) is 0. The Labute approximate surface area is 132 Å². The molecule has 2 aromatic rings. The maximum Gasteiger partial charge on any atom is 0.261 e. The third-order valence-corrected chi connectivity index (χ3v) is 5.46. The highest BCUT2D eigenvalue weighted by molar-refractivity contribution is 7.07. The molecule has 1 amide bonds. The number of hydrogen-bond donors (Lipinski definition) is 1. The molecule has 2 aromatic heterocycles. The number of hydrogen-bond acceptors (Lipinski definition) is 3. The number of nitrogens with zero attached hydrogens (tertiary/aromatic N) is 1. The van der Waals surface area contributed by atoms with Gasteiger partial charge in [0.25, 0.3) is 11.5 Å². The van der Waals surface area contributed by atoms with Gasteiger partial charge in [0, 0.05) is 12.2 Å². The minimum Gasteiger partial charge on any atom is -0.331 e. The highest BCUT2D eigenvalue weighted by Crippen LogP contribution is 2.34. The van der Waals surface area contributed by atoms with Gasteiger partial charge < -0.3 is 9.88 Å². The molecule has 0 unspecified atom stereocenters. The van der Waals surface area contributed by atoms with Gasteiger partial charge in [-0.05, 0) is 66.1 Å². The van der Waals surface area contributed by atoms with Crippen LogP contribution in [0, 0.1) is 0 Å². The van der Waals surface area contributed by atoms with E-state index in [1.807, 2.05) is 16.3 Å². The molecule has 4 rings (SSSR count). The van der Waals surface area contributed by atoms with Gasteiger partial charge in [-0.2, -0.15) is 11.3 Å². The van der Waals surface area contributed by atoms with Crippen LogP contribution in [0.1, 0.15) is 52.5 Å². The van der Waals surface area contributed by atoms with Gasteiger partial charge in [-0.1, -0.05) is 0 Å². The zero-order chi connectivity index (χ0) is 15.1. The van der Waals surface area contributed by atoms with E-state index >= 15 is 0 Å². The molecule has 1 fully saturated rings. The van der Waals surface area contributed by atoms with Gasteiger partial charge in [-0.3, -0.25) is 9.59 Å². The van der Waals surface area contributed by atoms with Crippen molar-refractivity contribution in [2.24, 2.45) is 0 Å². The lowest BCUT2D eigenvalue weighted by Gasteiger charge is -2.24. The second-order valence-corrected chi connectivity index (χ2v) is 6.86. The van der Waals surface area contributed by atoms with Crippen molar-refractivity contribution in [3.8, 4) is 0 Å². The van der Waals surface area contributed by atoms with Crippen LogP contribution in [0.15, 0.2) is 27.7 Å². The van der Waals surface area contributed by atoms with Crippen LogP contribution in [0.3, 0.4) is 0 Å². The summed E-state index contributed by atoms with van der Waals surface area (Å²) >= 11 is 1.65. The fraction of sp³-hybridized carbons (Fsp3) is 0.412. The minimum atomic E-state index is -0.235. The Morgan fingerprint density at radius 1 is 1.32 bits per heavy atom. The molecule has 0 spiro atoms. The molecule has 114 valence electrons. The number of aromatic nitrogens is 1. The van der Waals surface area contributed by atoms with Crippen LogP contribution in [0.4, 0.5) is 0 Å². The van der Waals surface area contributed by atoms with E-state index in [0.717, 1.165) is 49.9 Å². The van der Waals surface area contributed by atoms with Crippen molar-refractivity contribution in [1.82, 2.24) is 9.88 Å². The number of rotatable bonds is 2. The minimum absolute atomic E-state index is 0.117.